The zero-order chi connectivity index (χ0) is 18.4. The highest BCUT2D eigenvalue weighted by molar-refractivity contribution is 5.95. The summed E-state index contributed by atoms with van der Waals surface area (Å²) in [6, 6.07) is 3.66. The predicted molar refractivity (Wildman–Crippen MR) is 92.3 cm³/mol. The lowest BCUT2D eigenvalue weighted by Crippen LogP contribution is -2.42. The Hall–Kier alpha value is -2.48. The van der Waals surface area contributed by atoms with Crippen LogP contribution in [0.3, 0.4) is 0 Å². The van der Waals surface area contributed by atoms with E-state index in [-0.39, 0.29) is 24.6 Å². The van der Waals surface area contributed by atoms with Crippen LogP contribution in [0.25, 0.3) is 0 Å². The predicted octanol–water partition coefficient (Wildman–Crippen LogP) is 2.26. The SMILES string of the molecule is CCOC(=O)C(CC(=O)Nc1cc([N+](=O)[O-])ccc1C)N1CCCC1. The lowest BCUT2D eigenvalue weighted by atomic mass is 10.1. The zero-order valence-electron chi connectivity index (χ0n) is 14.5. The van der Waals surface area contributed by atoms with Gasteiger partial charge in [-0.3, -0.25) is 24.6 Å². The van der Waals surface area contributed by atoms with Crippen molar-refractivity contribution in [2.24, 2.45) is 0 Å². The molecule has 1 aromatic rings. The summed E-state index contributed by atoms with van der Waals surface area (Å²) < 4.78 is 5.09. The average Bonchev–Trinajstić information content (AvgIpc) is 3.08. The van der Waals surface area contributed by atoms with E-state index in [1.165, 1.54) is 12.1 Å². The first kappa shape index (κ1) is 18.9. The maximum absolute atomic E-state index is 12.4. The molecule has 1 heterocycles. The molecule has 1 aliphatic rings. The van der Waals surface area contributed by atoms with Crippen molar-refractivity contribution in [2.75, 3.05) is 25.0 Å². The molecular formula is C17H23N3O5. The fourth-order valence-corrected chi connectivity index (χ4v) is 2.89. The zero-order valence-corrected chi connectivity index (χ0v) is 14.5. The Kier molecular flexibility index (Phi) is 6.46. The number of carbonyl (C=O) groups is 2. The summed E-state index contributed by atoms with van der Waals surface area (Å²) in [6.07, 6.45) is 1.93. The first-order valence-electron chi connectivity index (χ1n) is 8.38. The molecule has 0 aliphatic carbocycles. The van der Waals surface area contributed by atoms with Crippen LogP contribution in [-0.2, 0) is 14.3 Å². The van der Waals surface area contributed by atoms with E-state index in [4.69, 9.17) is 4.74 Å². The molecule has 8 nitrogen and oxygen atoms in total. The van der Waals surface area contributed by atoms with Crippen molar-refractivity contribution >= 4 is 23.3 Å². The minimum absolute atomic E-state index is 0.0407. The minimum atomic E-state index is -0.624. The molecular weight excluding hydrogens is 326 g/mol. The van der Waals surface area contributed by atoms with Gasteiger partial charge in [-0.1, -0.05) is 6.07 Å². The Morgan fingerprint density at radius 2 is 2.04 bits per heavy atom. The van der Waals surface area contributed by atoms with Crippen LogP contribution in [0.5, 0.6) is 0 Å². The second-order valence-corrected chi connectivity index (χ2v) is 6.02. The van der Waals surface area contributed by atoms with Gasteiger partial charge in [-0.2, -0.15) is 0 Å². The molecule has 1 atom stereocenters. The number of aryl methyl sites for hydroxylation is 1. The minimum Gasteiger partial charge on any atom is -0.465 e. The van der Waals surface area contributed by atoms with E-state index in [1.807, 2.05) is 4.90 Å². The smallest absolute Gasteiger partial charge is 0.323 e. The summed E-state index contributed by atoms with van der Waals surface area (Å²) in [5.74, 6) is -0.774. The molecule has 0 saturated carbocycles. The van der Waals surface area contributed by atoms with Crippen LogP contribution in [0.4, 0.5) is 11.4 Å². The normalized spacial score (nSPS) is 15.6. The molecule has 25 heavy (non-hydrogen) atoms. The molecule has 1 unspecified atom stereocenters. The van der Waals surface area contributed by atoms with Crippen molar-refractivity contribution in [3.8, 4) is 0 Å². The average molecular weight is 349 g/mol. The summed E-state index contributed by atoms with van der Waals surface area (Å²) in [7, 11) is 0. The second kappa shape index (κ2) is 8.57. The van der Waals surface area contributed by atoms with Gasteiger partial charge in [-0.05, 0) is 45.3 Å². The number of anilines is 1. The van der Waals surface area contributed by atoms with Crippen LogP contribution >= 0.6 is 0 Å². The number of hydrogen-bond acceptors (Lipinski definition) is 6. The molecule has 1 saturated heterocycles. The van der Waals surface area contributed by atoms with Gasteiger partial charge >= 0.3 is 5.97 Å². The van der Waals surface area contributed by atoms with E-state index < -0.39 is 16.9 Å². The van der Waals surface area contributed by atoms with E-state index in [1.54, 1.807) is 19.9 Å². The molecule has 0 radical (unpaired) electrons. The lowest BCUT2D eigenvalue weighted by Gasteiger charge is -2.25. The van der Waals surface area contributed by atoms with Crippen LogP contribution < -0.4 is 5.32 Å². The molecule has 1 aromatic carbocycles. The Morgan fingerprint density at radius 3 is 2.64 bits per heavy atom. The van der Waals surface area contributed by atoms with E-state index in [0.29, 0.717) is 11.3 Å². The number of rotatable bonds is 7. The number of nitro groups is 1. The van der Waals surface area contributed by atoms with Gasteiger partial charge in [0.25, 0.3) is 5.69 Å². The van der Waals surface area contributed by atoms with Gasteiger partial charge < -0.3 is 10.1 Å². The van der Waals surface area contributed by atoms with Crippen molar-refractivity contribution in [1.29, 1.82) is 0 Å². The van der Waals surface area contributed by atoms with Crippen molar-refractivity contribution < 1.29 is 19.2 Å². The molecule has 0 spiro atoms. The number of ether oxygens (including phenoxy) is 1. The van der Waals surface area contributed by atoms with Gasteiger partial charge in [0.05, 0.1) is 23.6 Å². The van der Waals surface area contributed by atoms with Crippen LogP contribution in [-0.4, -0.2) is 47.4 Å². The van der Waals surface area contributed by atoms with Crippen LogP contribution in [0, 0.1) is 17.0 Å². The summed E-state index contributed by atoms with van der Waals surface area (Å²) >= 11 is 0. The summed E-state index contributed by atoms with van der Waals surface area (Å²) in [5, 5.41) is 13.6. The van der Waals surface area contributed by atoms with E-state index in [2.05, 4.69) is 5.32 Å². The Balaban J connectivity index is 2.09. The van der Waals surface area contributed by atoms with Gasteiger partial charge in [-0.15, -0.1) is 0 Å². The summed E-state index contributed by atoms with van der Waals surface area (Å²) in [5.41, 5.74) is 0.999. The van der Waals surface area contributed by atoms with Gasteiger partial charge in [0, 0.05) is 12.1 Å². The number of nitrogens with zero attached hydrogens (tertiary/aromatic N) is 2. The molecule has 8 heteroatoms. The monoisotopic (exact) mass is 349 g/mol. The van der Waals surface area contributed by atoms with Crippen molar-refractivity contribution in [3.63, 3.8) is 0 Å². The Morgan fingerprint density at radius 1 is 1.36 bits per heavy atom. The third kappa shape index (κ3) is 4.99. The fourth-order valence-electron chi connectivity index (χ4n) is 2.89. The Bertz CT molecular complexity index is 656. The van der Waals surface area contributed by atoms with Crippen molar-refractivity contribution in [3.05, 3.63) is 33.9 Å². The molecule has 0 bridgehead atoms. The Labute approximate surface area is 146 Å². The van der Waals surface area contributed by atoms with E-state index >= 15 is 0 Å². The highest BCUT2D eigenvalue weighted by atomic mass is 16.6. The molecule has 1 N–H and O–H groups in total. The number of nitro benzene ring substituents is 1. The van der Waals surface area contributed by atoms with Gasteiger partial charge in [0.2, 0.25) is 5.91 Å². The van der Waals surface area contributed by atoms with Gasteiger partial charge in [0.1, 0.15) is 6.04 Å². The quantitative estimate of drug-likeness (QED) is 0.460. The number of esters is 1. The number of hydrogen-bond donors (Lipinski definition) is 1. The first-order valence-corrected chi connectivity index (χ1v) is 8.38. The molecule has 2 rings (SSSR count). The van der Waals surface area contributed by atoms with Crippen LogP contribution in [0.1, 0.15) is 31.7 Å². The van der Waals surface area contributed by atoms with Crippen molar-refractivity contribution in [1.82, 2.24) is 4.90 Å². The highest BCUT2D eigenvalue weighted by Gasteiger charge is 2.31. The summed E-state index contributed by atoms with van der Waals surface area (Å²) in [4.78, 5) is 36.9. The molecule has 136 valence electrons. The third-order valence-corrected chi connectivity index (χ3v) is 4.22. The molecule has 0 aromatic heterocycles. The maximum Gasteiger partial charge on any atom is 0.323 e. The third-order valence-electron chi connectivity index (χ3n) is 4.22. The van der Waals surface area contributed by atoms with Crippen LogP contribution in [0.2, 0.25) is 0 Å². The molecule has 1 fully saturated rings. The largest absolute Gasteiger partial charge is 0.465 e. The number of amides is 1. The number of carbonyl (C=O) groups excluding carboxylic acids is 2. The number of likely N-dealkylation sites (tertiary alicyclic amines) is 1. The lowest BCUT2D eigenvalue weighted by molar-refractivity contribution is -0.384. The standard InChI is InChI=1S/C17H23N3O5/c1-3-25-17(22)15(19-8-4-5-9-19)11-16(21)18-14-10-13(20(23)24)7-6-12(14)2/h6-7,10,15H,3-5,8-9,11H2,1-2H3,(H,18,21). The number of benzene rings is 1. The topological polar surface area (TPSA) is 102 Å². The number of nitrogens with one attached hydrogen (secondary N) is 1. The molecule has 1 amide bonds. The molecule has 1 aliphatic heterocycles. The maximum atomic E-state index is 12.4. The fraction of sp³-hybridized carbons (Fsp3) is 0.529. The number of non-ortho nitro benzene ring substituents is 1. The van der Waals surface area contributed by atoms with Gasteiger partial charge in [0.15, 0.2) is 0 Å². The van der Waals surface area contributed by atoms with E-state index in [9.17, 15) is 19.7 Å². The second-order valence-electron chi connectivity index (χ2n) is 6.02. The summed E-state index contributed by atoms with van der Waals surface area (Å²) in [6.45, 7) is 5.25. The highest BCUT2D eigenvalue weighted by Crippen LogP contribution is 2.23. The first-order chi connectivity index (χ1) is 11.9. The van der Waals surface area contributed by atoms with Crippen LogP contribution in [0.15, 0.2) is 18.2 Å². The van der Waals surface area contributed by atoms with Crippen molar-refractivity contribution in [2.45, 2.75) is 39.2 Å². The van der Waals surface area contributed by atoms with Gasteiger partial charge in [-0.25, -0.2) is 0 Å². The van der Waals surface area contributed by atoms with E-state index in [0.717, 1.165) is 25.9 Å².